The average Bonchev–Trinajstić information content (AvgIpc) is 3.76. The number of para-hydroxylation sites is 3. The molecule has 0 unspecified atom stereocenters. The molecule has 0 spiro atoms. The Morgan fingerprint density at radius 2 is 0.978 bits per heavy atom. The van der Waals surface area contributed by atoms with E-state index in [9.17, 15) is 0 Å². The normalized spacial score (nSPS) is 12.0. The summed E-state index contributed by atoms with van der Waals surface area (Å²) in [4.78, 5) is 5.01. The smallest absolute Gasteiger partial charge is 0.155 e. The van der Waals surface area contributed by atoms with Crippen LogP contribution in [-0.2, 0) is 0 Å². The van der Waals surface area contributed by atoms with Gasteiger partial charge in [0.05, 0.1) is 26.8 Å². The fraction of sp³-hybridized carbons (Fsp3) is 0. The van der Waals surface area contributed by atoms with Crippen molar-refractivity contribution < 1.29 is 0 Å². The third-order valence-corrected chi connectivity index (χ3v) is 10.4. The van der Waals surface area contributed by atoms with Gasteiger partial charge in [0.2, 0.25) is 0 Å². The molecule has 4 heterocycles. The maximum Gasteiger partial charge on any atom is 0.155 e. The number of nitrogens with zero attached hydrogens (tertiary/aromatic N) is 3. The first kappa shape index (κ1) is 24.7. The summed E-state index contributed by atoms with van der Waals surface area (Å²) in [5.74, 6) is 0.985. The summed E-state index contributed by atoms with van der Waals surface area (Å²) < 4.78 is 7.22. The van der Waals surface area contributed by atoms with Crippen LogP contribution in [0.25, 0.3) is 86.4 Å². The summed E-state index contributed by atoms with van der Waals surface area (Å²) in [5.41, 5.74) is 8.31. The number of fused-ring (bicyclic) bond motifs is 9. The summed E-state index contributed by atoms with van der Waals surface area (Å²) in [6.07, 6.45) is 1.95. The highest BCUT2D eigenvalue weighted by Gasteiger charge is 2.18. The molecular weight excluding hydrogens is 567 g/mol. The van der Waals surface area contributed by atoms with Crippen LogP contribution in [0.1, 0.15) is 0 Å². The van der Waals surface area contributed by atoms with E-state index in [-0.39, 0.29) is 0 Å². The number of pyridine rings is 1. The molecule has 0 N–H and O–H groups in total. The lowest BCUT2D eigenvalue weighted by Gasteiger charge is -2.11. The Morgan fingerprint density at radius 3 is 1.67 bits per heavy atom. The molecule has 6 aromatic carbocycles. The molecule has 0 atom stereocenters. The Balaban J connectivity index is 1.16. The zero-order valence-corrected chi connectivity index (χ0v) is 25.0. The van der Waals surface area contributed by atoms with Gasteiger partial charge in [0.25, 0.3) is 0 Å². The minimum atomic E-state index is 0.985. The van der Waals surface area contributed by atoms with Gasteiger partial charge in [-0.15, -0.1) is 11.3 Å². The molecule has 0 aliphatic carbocycles. The van der Waals surface area contributed by atoms with Gasteiger partial charge in [-0.05, 0) is 59.7 Å². The standard InChI is InChI=1S/C41H25N3S/c1-5-13-35-29(9-1)30-10-2-6-14-36(30)43(35)28-20-17-26(18-21-28)27-19-22-32-31-11-3-7-15-37(31)44(38(32)25-27)41-40-34(23-24-42-41)33-12-4-8-16-39(33)45-40/h1-25H. The average molecular weight is 592 g/mol. The van der Waals surface area contributed by atoms with Crippen LogP contribution in [-0.4, -0.2) is 14.1 Å². The van der Waals surface area contributed by atoms with Gasteiger partial charge < -0.3 is 4.57 Å². The van der Waals surface area contributed by atoms with E-state index >= 15 is 0 Å². The third-order valence-electron chi connectivity index (χ3n) is 9.20. The van der Waals surface area contributed by atoms with Crippen LogP contribution in [0.5, 0.6) is 0 Å². The number of aromatic nitrogens is 3. The highest BCUT2D eigenvalue weighted by molar-refractivity contribution is 7.26. The molecule has 45 heavy (non-hydrogen) atoms. The highest BCUT2D eigenvalue weighted by atomic mass is 32.1. The van der Waals surface area contributed by atoms with Gasteiger partial charge in [0.1, 0.15) is 0 Å². The SMILES string of the molecule is c1ccc2c(c1)sc1c(-n3c4ccccc4c4ccc(-c5ccc(-n6c7ccccc7c7ccccc76)cc5)cc43)nccc12. The molecule has 10 aromatic rings. The Hall–Kier alpha value is -5.71. The van der Waals surface area contributed by atoms with Crippen molar-refractivity contribution >= 4 is 75.1 Å². The van der Waals surface area contributed by atoms with Crippen molar-refractivity contribution in [3.63, 3.8) is 0 Å². The first-order valence-electron chi connectivity index (χ1n) is 15.2. The maximum absolute atomic E-state index is 5.01. The predicted molar refractivity (Wildman–Crippen MR) is 191 cm³/mol. The Labute approximate surface area is 262 Å². The second-order valence-corrected chi connectivity index (χ2v) is 12.7. The monoisotopic (exact) mass is 591 g/mol. The van der Waals surface area contributed by atoms with Crippen LogP contribution in [0, 0.1) is 0 Å². The number of thiophene rings is 1. The van der Waals surface area contributed by atoms with Crippen molar-refractivity contribution in [3.8, 4) is 22.6 Å². The van der Waals surface area contributed by atoms with Crippen LogP contribution in [0.4, 0.5) is 0 Å². The van der Waals surface area contributed by atoms with E-state index in [0.717, 1.165) is 17.0 Å². The van der Waals surface area contributed by atoms with Crippen molar-refractivity contribution in [2.24, 2.45) is 0 Å². The molecule has 4 aromatic heterocycles. The van der Waals surface area contributed by atoms with Crippen LogP contribution in [0.2, 0.25) is 0 Å². The van der Waals surface area contributed by atoms with Crippen LogP contribution in [0.3, 0.4) is 0 Å². The molecule has 0 radical (unpaired) electrons. The second kappa shape index (κ2) is 9.39. The molecular formula is C41H25N3S. The number of rotatable bonds is 3. The Morgan fingerprint density at radius 1 is 0.422 bits per heavy atom. The van der Waals surface area contributed by atoms with Crippen molar-refractivity contribution in [1.82, 2.24) is 14.1 Å². The van der Waals surface area contributed by atoms with Crippen molar-refractivity contribution in [1.29, 1.82) is 0 Å². The topological polar surface area (TPSA) is 22.8 Å². The molecule has 0 aliphatic heterocycles. The molecule has 0 saturated carbocycles. The lowest BCUT2D eigenvalue weighted by atomic mass is 10.0. The van der Waals surface area contributed by atoms with E-state index in [4.69, 9.17) is 4.98 Å². The van der Waals surface area contributed by atoms with E-state index in [1.807, 2.05) is 17.5 Å². The van der Waals surface area contributed by atoms with E-state index in [1.165, 1.54) is 69.4 Å². The summed E-state index contributed by atoms with van der Waals surface area (Å²) in [7, 11) is 0. The molecule has 210 valence electrons. The lowest BCUT2D eigenvalue weighted by molar-refractivity contribution is 1.11. The van der Waals surface area contributed by atoms with Gasteiger partial charge >= 0.3 is 0 Å². The largest absolute Gasteiger partial charge is 0.309 e. The van der Waals surface area contributed by atoms with E-state index in [2.05, 4.69) is 155 Å². The van der Waals surface area contributed by atoms with Gasteiger partial charge in [-0.3, -0.25) is 4.57 Å². The molecule has 0 aliphatic rings. The second-order valence-electron chi connectivity index (χ2n) is 11.6. The summed E-state index contributed by atoms with van der Waals surface area (Å²) >= 11 is 1.82. The number of hydrogen-bond acceptors (Lipinski definition) is 2. The van der Waals surface area contributed by atoms with E-state index in [0.29, 0.717) is 0 Å². The van der Waals surface area contributed by atoms with Crippen molar-refractivity contribution in [3.05, 3.63) is 152 Å². The maximum atomic E-state index is 5.01. The molecule has 3 nitrogen and oxygen atoms in total. The summed E-state index contributed by atoms with van der Waals surface area (Å²) in [6, 6.07) is 52.6. The van der Waals surface area contributed by atoms with Gasteiger partial charge in [-0.2, -0.15) is 0 Å². The zero-order chi connectivity index (χ0) is 29.5. The van der Waals surface area contributed by atoms with Crippen LogP contribution < -0.4 is 0 Å². The number of benzene rings is 6. The highest BCUT2D eigenvalue weighted by Crippen LogP contribution is 2.41. The van der Waals surface area contributed by atoms with Crippen LogP contribution >= 0.6 is 11.3 Å². The van der Waals surface area contributed by atoms with Gasteiger partial charge in [-0.25, -0.2) is 4.98 Å². The van der Waals surface area contributed by atoms with E-state index < -0.39 is 0 Å². The zero-order valence-electron chi connectivity index (χ0n) is 24.2. The Bertz CT molecular complexity index is 2710. The molecule has 4 heteroatoms. The van der Waals surface area contributed by atoms with Gasteiger partial charge in [-0.1, -0.05) is 97.1 Å². The fourth-order valence-electron chi connectivity index (χ4n) is 7.18. The predicted octanol–water partition coefficient (Wildman–Crippen LogP) is 11.3. The molecule has 0 fully saturated rings. The first-order valence-corrected chi connectivity index (χ1v) is 16.0. The number of hydrogen-bond donors (Lipinski definition) is 0. The van der Waals surface area contributed by atoms with Crippen molar-refractivity contribution in [2.45, 2.75) is 0 Å². The minimum Gasteiger partial charge on any atom is -0.309 e. The molecule has 10 rings (SSSR count). The van der Waals surface area contributed by atoms with Gasteiger partial charge in [0, 0.05) is 48.9 Å². The fourth-order valence-corrected chi connectivity index (χ4v) is 8.36. The quantitative estimate of drug-likeness (QED) is 0.200. The summed E-state index contributed by atoms with van der Waals surface area (Å²) in [6.45, 7) is 0. The third kappa shape index (κ3) is 3.54. The van der Waals surface area contributed by atoms with Crippen molar-refractivity contribution in [2.75, 3.05) is 0 Å². The van der Waals surface area contributed by atoms with Gasteiger partial charge in [0.15, 0.2) is 5.82 Å². The molecule has 0 bridgehead atoms. The Kier molecular flexibility index (Phi) is 5.16. The summed E-state index contributed by atoms with van der Waals surface area (Å²) in [5, 5.41) is 7.56. The van der Waals surface area contributed by atoms with E-state index in [1.54, 1.807) is 0 Å². The van der Waals surface area contributed by atoms with Crippen LogP contribution in [0.15, 0.2) is 152 Å². The minimum absolute atomic E-state index is 0.985. The molecule has 0 saturated heterocycles. The lowest BCUT2D eigenvalue weighted by Crippen LogP contribution is -1.97. The first-order chi connectivity index (χ1) is 22.3. The molecule has 0 amide bonds.